The number of rotatable bonds is 3. The van der Waals surface area contributed by atoms with Crippen LogP contribution in [0.5, 0.6) is 0 Å². The van der Waals surface area contributed by atoms with Crippen LogP contribution in [0.25, 0.3) is 11.1 Å². The van der Waals surface area contributed by atoms with Crippen LogP contribution in [0, 0.1) is 6.92 Å². The molecule has 3 aromatic rings. The number of carbonyl (C=O) groups is 1. The van der Waals surface area contributed by atoms with Crippen molar-refractivity contribution in [2.75, 3.05) is 54.9 Å². The number of nitrogens with one attached hydrogen (secondary N) is 1. The molecule has 2 aromatic carbocycles. The van der Waals surface area contributed by atoms with Crippen LogP contribution in [-0.2, 0) is 6.42 Å². The van der Waals surface area contributed by atoms with E-state index in [1.165, 1.54) is 11.9 Å². The lowest BCUT2D eigenvalue weighted by molar-refractivity contribution is 0.257. The molecule has 7 nitrogen and oxygen atoms in total. The van der Waals surface area contributed by atoms with Gasteiger partial charge in [0.15, 0.2) is 0 Å². The first-order valence-corrected chi connectivity index (χ1v) is 12.0. The number of nitrogens with zero attached hydrogens (tertiary/aromatic N) is 5. The van der Waals surface area contributed by atoms with Crippen molar-refractivity contribution in [3.05, 3.63) is 64.7 Å². The SMILES string of the molecule is Cc1cc(NC(=O)N2CCc3cc(Br)c(N4CCN(C)CC4)cc32)ccc1-c1cncnc1. The smallest absolute Gasteiger partial charge is 0.326 e. The molecule has 1 N–H and O–H groups in total. The van der Waals surface area contributed by atoms with Gasteiger partial charge in [-0.15, -0.1) is 0 Å². The zero-order valence-corrected chi connectivity index (χ0v) is 20.5. The number of urea groups is 1. The van der Waals surface area contributed by atoms with Crippen molar-refractivity contribution in [2.45, 2.75) is 13.3 Å². The van der Waals surface area contributed by atoms with Crippen molar-refractivity contribution < 1.29 is 4.79 Å². The summed E-state index contributed by atoms with van der Waals surface area (Å²) < 4.78 is 1.10. The Balaban J connectivity index is 1.35. The van der Waals surface area contributed by atoms with E-state index in [1.807, 2.05) is 30.0 Å². The third kappa shape index (κ3) is 4.45. The molecule has 1 saturated heterocycles. The minimum absolute atomic E-state index is 0.101. The molecule has 0 unspecified atom stereocenters. The summed E-state index contributed by atoms with van der Waals surface area (Å²) in [5, 5.41) is 3.09. The summed E-state index contributed by atoms with van der Waals surface area (Å²) in [5.74, 6) is 0. The number of halogens is 1. The summed E-state index contributed by atoms with van der Waals surface area (Å²) in [5.41, 5.74) is 7.22. The number of piperazine rings is 1. The minimum atomic E-state index is -0.101. The molecule has 0 bridgehead atoms. The lowest BCUT2D eigenvalue weighted by Crippen LogP contribution is -2.44. The van der Waals surface area contributed by atoms with Crippen LogP contribution in [0.2, 0.25) is 0 Å². The minimum Gasteiger partial charge on any atom is -0.368 e. The number of carbonyl (C=O) groups excluding carboxylic acids is 1. The van der Waals surface area contributed by atoms with Gasteiger partial charge >= 0.3 is 6.03 Å². The number of aromatic nitrogens is 2. The van der Waals surface area contributed by atoms with E-state index in [2.05, 4.69) is 60.2 Å². The van der Waals surface area contributed by atoms with Crippen molar-refractivity contribution in [1.29, 1.82) is 0 Å². The first-order chi connectivity index (χ1) is 16.0. The lowest BCUT2D eigenvalue weighted by atomic mass is 10.0. The van der Waals surface area contributed by atoms with Gasteiger partial charge in [0.2, 0.25) is 0 Å². The highest BCUT2D eigenvalue weighted by molar-refractivity contribution is 9.10. The van der Waals surface area contributed by atoms with Gasteiger partial charge in [0.1, 0.15) is 6.33 Å². The summed E-state index contributed by atoms with van der Waals surface area (Å²) in [6, 6.07) is 10.2. The monoisotopic (exact) mass is 506 g/mol. The average Bonchev–Trinajstić information content (AvgIpc) is 3.22. The van der Waals surface area contributed by atoms with E-state index >= 15 is 0 Å². The van der Waals surface area contributed by atoms with Gasteiger partial charge < -0.3 is 15.1 Å². The molecule has 5 rings (SSSR count). The van der Waals surface area contributed by atoms with E-state index < -0.39 is 0 Å². The highest BCUT2D eigenvalue weighted by Crippen LogP contribution is 2.38. The molecule has 2 amide bonds. The van der Waals surface area contributed by atoms with Gasteiger partial charge in [0, 0.05) is 60.8 Å². The number of amides is 2. The Morgan fingerprint density at radius 1 is 1.00 bits per heavy atom. The van der Waals surface area contributed by atoms with Crippen LogP contribution in [0.15, 0.2) is 53.5 Å². The number of hydrogen-bond acceptors (Lipinski definition) is 5. The molecule has 8 heteroatoms. The summed E-state index contributed by atoms with van der Waals surface area (Å²) in [4.78, 5) is 28.0. The number of anilines is 3. The number of likely N-dealkylation sites (N-methyl/N-ethyl adjacent to an activating group) is 1. The van der Waals surface area contributed by atoms with E-state index in [1.54, 1.807) is 12.4 Å². The first kappa shape index (κ1) is 21.9. The highest BCUT2D eigenvalue weighted by Gasteiger charge is 2.28. The number of benzene rings is 2. The fourth-order valence-corrected chi connectivity index (χ4v) is 5.23. The van der Waals surface area contributed by atoms with E-state index in [0.717, 1.165) is 70.8 Å². The predicted molar refractivity (Wildman–Crippen MR) is 136 cm³/mol. The molecule has 0 aliphatic carbocycles. The highest BCUT2D eigenvalue weighted by atomic mass is 79.9. The van der Waals surface area contributed by atoms with Crippen molar-refractivity contribution in [3.8, 4) is 11.1 Å². The van der Waals surface area contributed by atoms with E-state index in [4.69, 9.17) is 0 Å². The van der Waals surface area contributed by atoms with Gasteiger partial charge in [-0.1, -0.05) is 6.07 Å². The second-order valence-corrected chi connectivity index (χ2v) is 9.57. The zero-order chi connectivity index (χ0) is 22.9. The molecule has 0 saturated carbocycles. The fourth-order valence-electron chi connectivity index (χ4n) is 4.59. The quantitative estimate of drug-likeness (QED) is 0.563. The molecule has 1 fully saturated rings. The van der Waals surface area contributed by atoms with Gasteiger partial charge in [0.25, 0.3) is 0 Å². The molecule has 2 aliphatic heterocycles. The molecule has 0 radical (unpaired) electrons. The van der Waals surface area contributed by atoms with Crippen LogP contribution < -0.4 is 15.1 Å². The Kier molecular flexibility index (Phi) is 6.03. The number of hydrogen-bond donors (Lipinski definition) is 1. The third-order valence-corrected chi connectivity index (χ3v) is 7.12. The molecule has 2 aliphatic rings. The zero-order valence-electron chi connectivity index (χ0n) is 18.9. The third-order valence-electron chi connectivity index (χ3n) is 6.48. The Hall–Kier alpha value is -2.97. The van der Waals surface area contributed by atoms with Crippen molar-refractivity contribution >= 4 is 39.0 Å². The molecule has 170 valence electrons. The molecule has 1 aromatic heterocycles. The maximum atomic E-state index is 13.2. The van der Waals surface area contributed by atoms with Crippen molar-refractivity contribution in [3.63, 3.8) is 0 Å². The molecule has 0 atom stereocenters. The molecular formula is C25H27BrN6O. The van der Waals surface area contributed by atoms with Crippen molar-refractivity contribution in [1.82, 2.24) is 14.9 Å². The number of aryl methyl sites for hydroxylation is 1. The van der Waals surface area contributed by atoms with Gasteiger partial charge in [-0.3, -0.25) is 4.90 Å². The van der Waals surface area contributed by atoms with E-state index in [-0.39, 0.29) is 6.03 Å². The first-order valence-electron chi connectivity index (χ1n) is 11.2. The summed E-state index contributed by atoms with van der Waals surface area (Å²) in [7, 11) is 2.16. The van der Waals surface area contributed by atoms with E-state index in [0.29, 0.717) is 6.54 Å². The van der Waals surface area contributed by atoms with Gasteiger partial charge in [-0.05, 0) is 77.3 Å². The fraction of sp³-hybridized carbons (Fsp3) is 0.320. The largest absolute Gasteiger partial charge is 0.368 e. The molecule has 33 heavy (non-hydrogen) atoms. The summed E-state index contributed by atoms with van der Waals surface area (Å²) in [6.45, 7) is 6.76. The maximum absolute atomic E-state index is 13.2. The molecule has 3 heterocycles. The van der Waals surface area contributed by atoms with Crippen LogP contribution >= 0.6 is 15.9 Å². The topological polar surface area (TPSA) is 64.6 Å². The Morgan fingerprint density at radius 3 is 2.48 bits per heavy atom. The second kappa shape index (κ2) is 9.11. The van der Waals surface area contributed by atoms with Crippen LogP contribution in [0.4, 0.5) is 21.9 Å². The summed E-state index contributed by atoms with van der Waals surface area (Å²) >= 11 is 3.76. The average molecular weight is 507 g/mol. The molecular weight excluding hydrogens is 480 g/mol. The normalized spacial score (nSPS) is 16.1. The lowest BCUT2D eigenvalue weighted by Gasteiger charge is -2.35. The van der Waals surface area contributed by atoms with Crippen LogP contribution in [0.1, 0.15) is 11.1 Å². The van der Waals surface area contributed by atoms with E-state index in [9.17, 15) is 4.79 Å². The summed E-state index contributed by atoms with van der Waals surface area (Å²) in [6.07, 6.45) is 5.97. The molecule has 0 spiro atoms. The van der Waals surface area contributed by atoms with Gasteiger partial charge in [-0.2, -0.15) is 0 Å². The number of fused-ring (bicyclic) bond motifs is 1. The Morgan fingerprint density at radius 2 is 1.76 bits per heavy atom. The Bertz CT molecular complexity index is 1180. The predicted octanol–water partition coefficient (Wildman–Crippen LogP) is 4.56. The standard InChI is InChI=1S/C25H27BrN6O/c1-17-11-20(3-4-21(17)19-14-27-16-28-15-19)29-25(33)32-6-5-18-12-22(26)24(13-23(18)32)31-9-7-30(2)8-10-31/h3-4,11-16H,5-10H2,1-2H3,(H,29,33). The Labute approximate surface area is 202 Å². The van der Waals surface area contributed by atoms with Crippen LogP contribution in [0.3, 0.4) is 0 Å². The maximum Gasteiger partial charge on any atom is 0.326 e. The van der Waals surface area contributed by atoms with Crippen molar-refractivity contribution in [2.24, 2.45) is 0 Å². The second-order valence-electron chi connectivity index (χ2n) is 8.71. The van der Waals surface area contributed by atoms with Gasteiger partial charge in [-0.25, -0.2) is 14.8 Å². The van der Waals surface area contributed by atoms with Crippen LogP contribution in [-0.4, -0.2) is 60.7 Å². The van der Waals surface area contributed by atoms with Gasteiger partial charge in [0.05, 0.1) is 11.4 Å².